The van der Waals surface area contributed by atoms with Crippen molar-refractivity contribution in [1.82, 2.24) is 15.0 Å². The first kappa shape index (κ1) is 21.0. The maximum absolute atomic E-state index is 13.6. The first-order valence-electron chi connectivity index (χ1n) is 10.9. The summed E-state index contributed by atoms with van der Waals surface area (Å²) in [5.41, 5.74) is 4.31. The zero-order valence-corrected chi connectivity index (χ0v) is 18.2. The van der Waals surface area contributed by atoms with Gasteiger partial charge in [0.15, 0.2) is 5.82 Å². The van der Waals surface area contributed by atoms with Gasteiger partial charge >= 0.3 is 5.97 Å². The van der Waals surface area contributed by atoms with Gasteiger partial charge in [-0.05, 0) is 67.4 Å². The molecule has 2 aromatic heterocycles. The summed E-state index contributed by atoms with van der Waals surface area (Å²) in [6.45, 7) is 1.60. The molecule has 0 N–H and O–H groups in total. The molecule has 2 aromatic carbocycles. The molecule has 5 rings (SSSR count). The normalized spacial score (nSPS) is 14.4. The summed E-state index contributed by atoms with van der Waals surface area (Å²) in [5.74, 6) is 0.415. The van der Waals surface area contributed by atoms with E-state index >= 15 is 0 Å². The van der Waals surface area contributed by atoms with Crippen LogP contribution in [0.2, 0.25) is 0 Å². The molecule has 1 saturated heterocycles. The molecule has 1 aliphatic heterocycles. The van der Waals surface area contributed by atoms with Gasteiger partial charge in [0.25, 0.3) is 0 Å². The molecular weight excluding hydrogens is 419 g/mol. The summed E-state index contributed by atoms with van der Waals surface area (Å²) in [5, 5.41) is 0. The average molecular weight is 442 g/mol. The number of carbonyl (C=O) groups excluding carboxylic acids is 1. The van der Waals surface area contributed by atoms with E-state index in [1.165, 1.54) is 19.2 Å². The third-order valence-corrected chi connectivity index (χ3v) is 6.09. The van der Waals surface area contributed by atoms with Gasteiger partial charge in [-0.15, -0.1) is 0 Å². The van der Waals surface area contributed by atoms with Gasteiger partial charge in [0.1, 0.15) is 11.5 Å². The minimum absolute atomic E-state index is 0.298. The van der Waals surface area contributed by atoms with Crippen molar-refractivity contribution in [2.75, 3.05) is 25.1 Å². The number of aromatic nitrogens is 3. The monoisotopic (exact) mass is 442 g/mol. The van der Waals surface area contributed by atoms with Crippen LogP contribution in [0.3, 0.4) is 0 Å². The fourth-order valence-corrected chi connectivity index (χ4v) is 4.32. The highest BCUT2D eigenvalue weighted by atomic mass is 19.1. The van der Waals surface area contributed by atoms with Crippen molar-refractivity contribution in [3.63, 3.8) is 0 Å². The van der Waals surface area contributed by atoms with Crippen molar-refractivity contribution in [1.29, 1.82) is 0 Å². The number of esters is 1. The number of piperidine rings is 1. The fourth-order valence-electron chi connectivity index (χ4n) is 4.32. The molecule has 0 unspecified atom stereocenters. The number of hydrogen-bond donors (Lipinski definition) is 0. The average Bonchev–Trinajstić information content (AvgIpc) is 2.88. The lowest BCUT2D eigenvalue weighted by molar-refractivity contribution is 0.0601. The van der Waals surface area contributed by atoms with Gasteiger partial charge in [-0.25, -0.2) is 19.2 Å². The number of benzene rings is 2. The molecular formula is C26H23FN4O2. The van der Waals surface area contributed by atoms with E-state index in [-0.39, 0.29) is 5.82 Å². The van der Waals surface area contributed by atoms with Crippen molar-refractivity contribution in [3.8, 4) is 11.3 Å². The number of nitrogens with zero attached hydrogens (tertiary/aromatic N) is 4. The number of halogens is 1. The minimum Gasteiger partial charge on any atom is -0.465 e. The molecule has 3 heterocycles. The van der Waals surface area contributed by atoms with Gasteiger partial charge in [0.05, 0.1) is 23.7 Å². The van der Waals surface area contributed by atoms with E-state index in [1.54, 1.807) is 30.3 Å². The molecule has 0 spiro atoms. The van der Waals surface area contributed by atoms with Crippen molar-refractivity contribution in [2.45, 2.75) is 18.8 Å². The molecule has 0 saturated carbocycles. The van der Waals surface area contributed by atoms with Crippen molar-refractivity contribution >= 4 is 22.8 Å². The van der Waals surface area contributed by atoms with Crippen LogP contribution in [-0.2, 0) is 4.74 Å². The molecule has 0 radical (unpaired) electrons. The predicted molar refractivity (Wildman–Crippen MR) is 125 cm³/mol. The predicted octanol–water partition coefficient (Wildman–Crippen LogP) is 5.00. The summed E-state index contributed by atoms with van der Waals surface area (Å²) >= 11 is 0. The standard InChI is InChI=1S/C26H23FN4O2/c1-33-26(32)19-7-10-22-23(16-19)30-25(24(29-22)18-5-8-20(27)9-6-18)31-14-11-17(12-15-31)21-4-2-3-13-28-21/h2-10,13,16-17H,11-12,14-15H2,1H3. The lowest BCUT2D eigenvalue weighted by atomic mass is 9.93. The third-order valence-electron chi connectivity index (χ3n) is 6.09. The van der Waals surface area contributed by atoms with Crippen LogP contribution in [0.5, 0.6) is 0 Å². The lowest BCUT2D eigenvalue weighted by Crippen LogP contribution is -2.34. The number of ether oxygens (including phenoxy) is 1. The van der Waals surface area contributed by atoms with Crippen LogP contribution in [0.25, 0.3) is 22.3 Å². The molecule has 7 heteroatoms. The molecule has 0 atom stereocenters. The Bertz CT molecular complexity index is 1290. The van der Waals surface area contributed by atoms with E-state index in [0.29, 0.717) is 28.2 Å². The van der Waals surface area contributed by atoms with Gasteiger partial charge in [-0.3, -0.25) is 4.98 Å². The Labute approximate surface area is 191 Å². The Morgan fingerprint density at radius 3 is 2.48 bits per heavy atom. The number of anilines is 1. The summed E-state index contributed by atoms with van der Waals surface area (Å²) in [6, 6.07) is 17.5. The van der Waals surface area contributed by atoms with E-state index in [0.717, 1.165) is 43.0 Å². The van der Waals surface area contributed by atoms with Crippen LogP contribution in [0.1, 0.15) is 34.8 Å². The largest absolute Gasteiger partial charge is 0.465 e. The minimum atomic E-state index is -0.418. The van der Waals surface area contributed by atoms with Crippen LogP contribution in [-0.4, -0.2) is 41.1 Å². The number of hydrogen-bond acceptors (Lipinski definition) is 6. The second-order valence-electron chi connectivity index (χ2n) is 8.11. The first-order chi connectivity index (χ1) is 16.1. The quantitative estimate of drug-likeness (QED) is 0.414. The Morgan fingerprint density at radius 1 is 1.00 bits per heavy atom. The number of fused-ring (bicyclic) bond motifs is 1. The number of methoxy groups -OCH3 is 1. The molecule has 4 aromatic rings. The highest BCUT2D eigenvalue weighted by Gasteiger charge is 2.25. The van der Waals surface area contributed by atoms with Crippen LogP contribution in [0.15, 0.2) is 66.9 Å². The van der Waals surface area contributed by atoms with Crippen LogP contribution < -0.4 is 4.90 Å². The fraction of sp³-hybridized carbons (Fsp3) is 0.231. The molecule has 1 aliphatic rings. The third kappa shape index (κ3) is 4.26. The molecule has 0 amide bonds. The van der Waals surface area contributed by atoms with E-state index in [4.69, 9.17) is 14.7 Å². The van der Waals surface area contributed by atoms with Gasteiger partial charge < -0.3 is 9.64 Å². The highest BCUT2D eigenvalue weighted by Crippen LogP contribution is 2.34. The molecule has 0 aliphatic carbocycles. The molecule has 166 valence electrons. The van der Waals surface area contributed by atoms with E-state index < -0.39 is 5.97 Å². The topological polar surface area (TPSA) is 68.2 Å². The summed E-state index contributed by atoms with van der Waals surface area (Å²) in [6.07, 6.45) is 3.73. The lowest BCUT2D eigenvalue weighted by Gasteiger charge is -2.33. The van der Waals surface area contributed by atoms with Crippen LogP contribution in [0, 0.1) is 5.82 Å². The Morgan fingerprint density at radius 2 is 1.79 bits per heavy atom. The van der Waals surface area contributed by atoms with Crippen molar-refractivity contribution < 1.29 is 13.9 Å². The Hall–Kier alpha value is -3.87. The Kier molecular flexibility index (Phi) is 5.69. The number of rotatable bonds is 4. The van der Waals surface area contributed by atoms with E-state index in [2.05, 4.69) is 16.0 Å². The molecule has 33 heavy (non-hydrogen) atoms. The van der Waals surface area contributed by atoms with Gasteiger partial charge in [0, 0.05) is 36.5 Å². The molecule has 6 nitrogen and oxygen atoms in total. The molecule has 1 fully saturated rings. The van der Waals surface area contributed by atoms with Gasteiger partial charge in [0.2, 0.25) is 0 Å². The number of pyridine rings is 1. The summed E-state index contributed by atoms with van der Waals surface area (Å²) in [4.78, 5) is 28.5. The second-order valence-corrected chi connectivity index (χ2v) is 8.11. The second kappa shape index (κ2) is 8.94. The smallest absolute Gasteiger partial charge is 0.337 e. The zero-order valence-electron chi connectivity index (χ0n) is 18.2. The molecule has 0 bridgehead atoms. The van der Waals surface area contributed by atoms with Crippen LogP contribution in [0.4, 0.5) is 10.2 Å². The van der Waals surface area contributed by atoms with Crippen molar-refractivity contribution in [2.24, 2.45) is 0 Å². The maximum Gasteiger partial charge on any atom is 0.337 e. The SMILES string of the molecule is COC(=O)c1ccc2nc(-c3ccc(F)cc3)c(N3CCC(c4ccccn4)CC3)nc2c1. The first-order valence-corrected chi connectivity index (χ1v) is 10.9. The van der Waals surface area contributed by atoms with Crippen molar-refractivity contribution in [3.05, 3.63) is 83.9 Å². The van der Waals surface area contributed by atoms with Gasteiger partial charge in [-0.1, -0.05) is 6.07 Å². The number of carbonyl (C=O) groups is 1. The van der Waals surface area contributed by atoms with E-state index in [1.807, 2.05) is 18.3 Å². The maximum atomic E-state index is 13.6. The Balaban J connectivity index is 1.54. The summed E-state index contributed by atoms with van der Waals surface area (Å²) in [7, 11) is 1.35. The summed E-state index contributed by atoms with van der Waals surface area (Å²) < 4.78 is 18.4. The van der Waals surface area contributed by atoms with E-state index in [9.17, 15) is 9.18 Å². The van der Waals surface area contributed by atoms with Crippen LogP contribution >= 0.6 is 0 Å². The zero-order chi connectivity index (χ0) is 22.8. The van der Waals surface area contributed by atoms with Gasteiger partial charge in [-0.2, -0.15) is 0 Å². The highest BCUT2D eigenvalue weighted by molar-refractivity contribution is 5.94.